The minimum absolute atomic E-state index is 0.0567. The number of carbonyl (C=O) groups is 1. The molecule has 6 heteroatoms. The van der Waals surface area contributed by atoms with Crippen LogP contribution in [-0.4, -0.2) is 41.1 Å². The standard InChI is InChI=1S/C13H18N2O3S/c1-3-15(7-6-12(14)19)13(17)9-4-5-11(18-2)10(16)8-9/h4-5,8,16H,3,6-7H2,1-2H3,(H2,14,19). The van der Waals surface area contributed by atoms with Crippen LogP contribution in [0.1, 0.15) is 23.7 Å². The van der Waals surface area contributed by atoms with Gasteiger partial charge in [0.25, 0.3) is 5.91 Å². The number of phenolic OH excluding ortho intramolecular Hbond substituents is 1. The summed E-state index contributed by atoms with van der Waals surface area (Å²) in [5, 5.41) is 9.68. The number of aromatic hydroxyl groups is 1. The number of phenols is 1. The van der Waals surface area contributed by atoms with Gasteiger partial charge < -0.3 is 20.5 Å². The average Bonchev–Trinajstić information content (AvgIpc) is 2.38. The Morgan fingerprint density at radius 1 is 1.53 bits per heavy atom. The molecule has 0 fully saturated rings. The molecule has 0 atom stereocenters. The van der Waals surface area contributed by atoms with Crippen molar-refractivity contribution in [3.63, 3.8) is 0 Å². The highest BCUT2D eigenvalue weighted by Crippen LogP contribution is 2.26. The first-order chi connectivity index (χ1) is 8.99. The smallest absolute Gasteiger partial charge is 0.253 e. The molecule has 0 unspecified atom stereocenters. The van der Waals surface area contributed by atoms with E-state index in [2.05, 4.69) is 0 Å². The quantitative estimate of drug-likeness (QED) is 0.774. The topological polar surface area (TPSA) is 75.8 Å². The van der Waals surface area contributed by atoms with Crippen molar-refractivity contribution in [2.75, 3.05) is 20.2 Å². The van der Waals surface area contributed by atoms with Crippen LogP contribution in [0.3, 0.4) is 0 Å². The first-order valence-corrected chi connectivity index (χ1v) is 6.35. The Bertz CT molecular complexity index is 477. The maximum Gasteiger partial charge on any atom is 0.253 e. The summed E-state index contributed by atoms with van der Waals surface area (Å²) in [6.07, 6.45) is 0.483. The van der Waals surface area contributed by atoms with E-state index < -0.39 is 0 Å². The molecule has 19 heavy (non-hydrogen) atoms. The second-order valence-electron chi connectivity index (χ2n) is 3.99. The highest BCUT2D eigenvalue weighted by Gasteiger charge is 2.15. The van der Waals surface area contributed by atoms with Gasteiger partial charge >= 0.3 is 0 Å². The molecule has 1 amide bonds. The van der Waals surface area contributed by atoms with Crippen molar-refractivity contribution in [1.82, 2.24) is 4.90 Å². The third kappa shape index (κ3) is 4.10. The number of rotatable bonds is 6. The lowest BCUT2D eigenvalue weighted by molar-refractivity contribution is 0.0768. The van der Waals surface area contributed by atoms with Crippen molar-refractivity contribution >= 4 is 23.1 Å². The zero-order valence-electron chi connectivity index (χ0n) is 11.0. The maximum absolute atomic E-state index is 12.2. The number of thiocarbonyl (C=S) groups is 1. The van der Waals surface area contributed by atoms with Gasteiger partial charge in [-0.2, -0.15) is 0 Å². The minimum Gasteiger partial charge on any atom is -0.504 e. The number of nitrogens with two attached hydrogens (primary N) is 1. The summed E-state index contributed by atoms with van der Waals surface area (Å²) >= 11 is 4.80. The number of methoxy groups -OCH3 is 1. The van der Waals surface area contributed by atoms with Crippen LogP contribution in [-0.2, 0) is 0 Å². The van der Waals surface area contributed by atoms with Crippen molar-refractivity contribution in [2.24, 2.45) is 5.73 Å². The van der Waals surface area contributed by atoms with Gasteiger partial charge in [0, 0.05) is 25.1 Å². The number of carbonyl (C=O) groups excluding carboxylic acids is 1. The van der Waals surface area contributed by atoms with Crippen molar-refractivity contribution in [3.8, 4) is 11.5 Å². The van der Waals surface area contributed by atoms with Gasteiger partial charge in [-0.1, -0.05) is 12.2 Å². The molecule has 0 spiro atoms. The number of nitrogens with zero attached hydrogens (tertiary/aromatic N) is 1. The molecule has 0 aliphatic heterocycles. The summed E-state index contributed by atoms with van der Waals surface area (Å²) in [5.74, 6) is 0.109. The van der Waals surface area contributed by atoms with E-state index in [1.165, 1.54) is 13.2 Å². The molecule has 0 radical (unpaired) electrons. The Hall–Kier alpha value is -1.82. The molecule has 0 aliphatic rings. The third-order valence-electron chi connectivity index (χ3n) is 2.72. The van der Waals surface area contributed by atoms with E-state index >= 15 is 0 Å². The van der Waals surface area contributed by atoms with Crippen LogP contribution in [0.25, 0.3) is 0 Å². The van der Waals surface area contributed by atoms with E-state index in [0.717, 1.165) is 0 Å². The van der Waals surface area contributed by atoms with E-state index in [4.69, 9.17) is 22.7 Å². The highest BCUT2D eigenvalue weighted by atomic mass is 32.1. The van der Waals surface area contributed by atoms with Crippen LogP contribution >= 0.6 is 12.2 Å². The van der Waals surface area contributed by atoms with Crippen molar-refractivity contribution in [3.05, 3.63) is 23.8 Å². The van der Waals surface area contributed by atoms with Gasteiger partial charge in [0.05, 0.1) is 12.1 Å². The number of amides is 1. The van der Waals surface area contributed by atoms with Gasteiger partial charge in [0.15, 0.2) is 11.5 Å². The number of benzene rings is 1. The largest absolute Gasteiger partial charge is 0.504 e. The lowest BCUT2D eigenvalue weighted by Gasteiger charge is -2.20. The lowest BCUT2D eigenvalue weighted by atomic mass is 10.1. The van der Waals surface area contributed by atoms with E-state index in [1.54, 1.807) is 17.0 Å². The van der Waals surface area contributed by atoms with E-state index in [-0.39, 0.29) is 11.7 Å². The number of ether oxygens (including phenoxy) is 1. The van der Waals surface area contributed by atoms with Gasteiger partial charge in [-0.05, 0) is 25.1 Å². The molecule has 5 nitrogen and oxygen atoms in total. The summed E-state index contributed by atoms with van der Waals surface area (Å²) < 4.78 is 4.94. The summed E-state index contributed by atoms with van der Waals surface area (Å²) in [4.78, 5) is 14.2. The molecule has 0 saturated heterocycles. The Balaban J connectivity index is 2.85. The fourth-order valence-corrected chi connectivity index (χ4v) is 1.75. The van der Waals surface area contributed by atoms with Crippen LogP contribution in [0.15, 0.2) is 18.2 Å². The first kappa shape index (κ1) is 15.2. The molecule has 0 saturated carbocycles. The Morgan fingerprint density at radius 3 is 2.68 bits per heavy atom. The SMILES string of the molecule is CCN(CCC(N)=S)C(=O)c1ccc(OC)c(O)c1. The van der Waals surface area contributed by atoms with Gasteiger partial charge in [-0.3, -0.25) is 4.79 Å². The number of hydrogen-bond acceptors (Lipinski definition) is 4. The van der Waals surface area contributed by atoms with Gasteiger partial charge in [-0.15, -0.1) is 0 Å². The van der Waals surface area contributed by atoms with Crippen molar-refractivity contribution in [1.29, 1.82) is 0 Å². The molecule has 3 N–H and O–H groups in total. The molecular weight excluding hydrogens is 264 g/mol. The zero-order chi connectivity index (χ0) is 14.4. The zero-order valence-corrected chi connectivity index (χ0v) is 11.9. The molecule has 1 aromatic carbocycles. The van der Waals surface area contributed by atoms with Gasteiger partial charge in [-0.25, -0.2) is 0 Å². The third-order valence-corrected chi connectivity index (χ3v) is 2.93. The predicted molar refractivity (Wildman–Crippen MR) is 77.6 cm³/mol. The maximum atomic E-state index is 12.2. The van der Waals surface area contributed by atoms with Crippen LogP contribution in [0.2, 0.25) is 0 Å². The molecule has 1 rings (SSSR count). The Morgan fingerprint density at radius 2 is 2.21 bits per heavy atom. The Kier molecular flexibility index (Phi) is 5.57. The van der Waals surface area contributed by atoms with Gasteiger partial charge in [0.1, 0.15) is 0 Å². The fraction of sp³-hybridized carbons (Fsp3) is 0.385. The van der Waals surface area contributed by atoms with Crippen LogP contribution in [0.5, 0.6) is 11.5 Å². The molecule has 0 bridgehead atoms. The van der Waals surface area contributed by atoms with Crippen LogP contribution in [0.4, 0.5) is 0 Å². The van der Waals surface area contributed by atoms with Crippen LogP contribution < -0.4 is 10.5 Å². The predicted octanol–water partition coefficient (Wildman–Crippen LogP) is 1.54. The lowest BCUT2D eigenvalue weighted by Crippen LogP contribution is -2.33. The first-order valence-electron chi connectivity index (χ1n) is 5.94. The van der Waals surface area contributed by atoms with Crippen molar-refractivity contribution in [2.45, 2.75) is 13.3 Å². The van der Waals surface area contributed by atoms with E-state index in [1.807, 2.05) is 6.92 Å². The fourth-order valence-electron chi connectivity index (χ4n) is 1.65. The molecule has 0 aromatic heterocycles. The van der Waals surface area contributed by atoms with Crippen molar-refractivity contribution < 1.29 is 14.6 Å². The molecule has 0 heterocycles. The number of hydrogen-bond donors (Lipinski definition) is 2. The second-order valence-corrected chi connectivity index (χ2v) is 4.51. The summed E-state index contributed by atoms with van der Waals surface area (Å²) in [6, 6.07) is 4.57. The molecule has 104 valence electrons. The molecule has 1 aromatic rings. The summed E-state index contributed by atoms with van der Waals surface area (Å²) in [7, 11) is 1.46. The Labute approximate surface area is 118 Å². The monoisotopic (exact) mass is 282 g/mol. The second kappa shape index (κ2) is 6.94. The molecule has 0 aliphatic carbocycles. The highest BCUT2D eigenvalue weighted by molar-refractivity contribution is 7.80. The average molecular weight is 282 g/mol. The van der Waals surface area contributed by atoms with E-state index in [0.29, 0.717) is 35.8 Å². The minimum atomic E-state index is -0.170. The normalized spacial score (nSPS) is 10.0. The van der Waals surface area contributed by atoms with Gasteiger partial charge in [0.2, 0.25) is 0 Å². The van der Waals surface area contributed by atoms with E-state index in [9.17, 15) is 9.90 Å². The molecular formula is C13H18N2O3S. The van der Waals surface area contributed by atoms with Crippen LogP contribution in [0, 0.1) is 0 Å². The summed E-state index contributed by atoms with van der Waals surface area (Å²) in [5.41, 5.74) is 5.84. The summed E-state index contributed by atoms with van der Waals surface area (Å²) in [6.45, 7) is 2.90.